The van der Waals surface area contributed by atoms with Gasteiger partial charge in [-0.2, -0.15) is 0 Å². The van der Waals surface area contributed by atoms with E-state index in [-0.39, 0.29) is 0 Å². The summed E-state index contributed by atoms with van der Waals surface area (Å²) in [6, 6.07) is 8.44. The van der Waals surface area contributed by atoms with Gasteiger partial charge in [-0.05, 0) is 37.5 Å². The molecule has 0 unspecified atom stereocenters. The standard InChI is InChI=1S/C15H18.2C2H6/c1-5-6-10-14(12(2)3)15-11-8-7-9-13(15)4;2*1-2/h5-11H,1H2,2-4H3;2*1-2H3/b10-6-;;. The maximum atomic E-state index is 3.70. The number of hydrogen-bond donors (Lipinski definition) is 0. The number of aryl methyl sites for hydroxylation is 1. The molecule has 0 heterocycles. The van der Waals surface area contributed by atoms with Gasteiger partial charge in [0.1, 0.15) is 0 Å². The topological polar surface area (TPSA) is 0 Å². The summed E-state index contributed by atoms with van der Waals surface area (Å²) in [5.41, 5.74) is 5.22. The van der Waals surface area contributed by atoms with E-state index in [4.69, 9.17) is 0 Å². The molecule has 0 N–H and O–H groups in total. The zero-order valence-electron chi connectivity index (χ0n) is 13.7. The van der Waals surface area contributed by atoms with Gasteiger partial charge < -0.3 is 0 Å². The molecule has 0 aromatic heterocycles. The van der Waals surface area contributed by atoms with Gasteiger partial charge in [0.25, 0.3) is 0 Å². The monoisotopic (exact) mass is 258 g/mol. The van der Waals surface area contributed by atoms with Crippen molar-refractivity contribution in [3.05, 3.63) is 65.8 Å². The zero-order valence-corrected chi connectivity index (χ0v) is 13.7. The lowest BCUT2D eigenvalue weighted by molar-refractivity contribution is 1.36. The van der Waals surface area contributed by atoms with E-state index in [1.165, 1.54) is 22.3 Å². The van der Waals surface area contributed by atoms with Crippen molar-refractivity contribution in [3.63, 3.8) is 0 Å². The molecule has 0 aliphatic heterocycles. The number of rotatable bonds is 3. The molecule has 0 nitrogen and oxygen atoms in total. The molecule has 1 aromatic rings. The van der Waals surface area contributed by atoms with Crippen LogP contribution in [-0.2, 0) is 0 Å². The molecule has 1 rings (SSSR count). The molecule has 0 bridgehead atoms. The molecule has 1 aromatic carbocycles. The van der Waals surface area contributed by atoms with Gasteiger partial charge in [0, 0.05) is 0 Å². The second kappa shape index (κ2) is 12.9. The fourth-order valence-corrected chi connectivity index (χ4v) is 1.57. The van der Waals surface area contributed by atoms with Crippen LogP contribution in [0.15, 0.2) is 54.6 Å². The van der Waals surface area contributed by atoms with Crippen LogP contribution >= 0.6 is 0 Å². The van der Waals surface area contributed by atoms with Crippen LogP contribution in [0.2, 0.25) is 0 Å². The molecule has 0 saturated heterocycles. The summed E-state index contributed by atoms with van der Waals surface area (Å²) < 4.78 is 0. The fourth-order valence-electron chi connectivity index (χ4n) is 1.57. The largest absolute Gasteiger partial charge is 0.0991 e. The maximum absolute atomic E-state index is 3.70. The summed E-state index contributed by atoms with van der Waals surface area (Å²) in [7, 11) is 0. The molecule has 106 valence electrons. The maximum Gasteiger partial charge on any atom is -0.0155 e. The average Bonchev–Trinajstić information content (AvgIpc) is 2.45. The van der Waals surface area contributed by atoms with Gasteiger partial charge in [0.05, 0.1) is 0 Å². The van der Waals surface area contributed by atoms with Crippen LogP contribution in [0.4, 0.5) is 0 Å². The molecular formula is C19H30. The van der Waals surface area contributed by atoms with Crippen molar-refractivity contribution in [1.82, 2.24) is 0 Å². The Labute approximate surface area is 120 Å². The van der Waals surface area contributed by atoms with E-state index >= 15 is 0 Å². The quantitative estimate of drug-likeness (QED) is 0.537. The molecule has 0 aliphatic rings. The Kier molecular flexibility index (Phi) is 13.4. The van der Waals surface area contributed by atoms with Crippen molar-refractivity contribution in [3.8, 4) is 0 Å². The lowest BCUT2D eigenvalue weighted by Gasteiger charge is -2.08. The highest BCUT2D eigenvalue weighted by atomic mass is 14.1. The van der Waals surface area contributed by atoms with Crippen molar-refractivity contribution in [2.45, 2.75) is 48.5 Å². The van der Waals surface area contributed by atoms with E-state index in [9.17, 15) is 0 Å². The summed E-state index contributed by atoms with van der Waals surface area (Å²) >= 11 is 0. The van der Waals surface area contributed by atoms with Gasteiger partial charge in [-0.25, -0.2) is 0 Å². The minimum Gasteiger partial charge on any atom is -0.0991 e. The highest BCUT2D eigenvalue weighted by molar-refractivity contribution is 5.78. The molecular weight excluding hydrogens is 228 g/mol. The smallest absolute Gasteiger partial charge is 0.0155 e. The van der Waals surface area contributed by atoms with Gasteiger partial charge in [0.15, 0.2) is 0 Å². The molecule has 0 heteroatoms. The van der Waals surface area contributed by atoms with E-state index in [2.05, 4.69) is 57.7 Å². The van der Waals surface area contributed by atoms with Crippen LogP contribution in [0.1, 0.15) is 52.7 Å². The van der Waals surface area contributed by atoms with Crippen LogP contribution < -0.4 is 0 Å². The van der Waals surface area contributed by atoms with Crippen LogP contribution in [0.25, 0.3) is 5.57 Å². The number of hydrogen-bond acceptors (Lipinski definition) is 0. The van der Waals surface area contributed by atoms with Crippen molar-refractivity contribution >= 4 is 5.57 Å². The summed E-state index contributed by atoms with van der Waals surface area (Å²) in [4.78, 5) is 0. The third kappa shape index (κ3) is 7.46. The fraction of sp³-hybridized carbons (Fsp3) is 0.368. The molecule has 0 atom stereocenters. The van der Waals surface area contributed by atoms with Crippen molar-refractivity contribution in [2.75, 3.05) is 0 Å². The Morgan fingerprint density at radius 2 is 1.53 bits per heavy atom. The Hall–Kier alpha value is -1.56. The van der Waals surface area contributed by atoms with Crippen molar-refractivity contribution < 1.29 is 0 Å². The summed E-state index contributed by atoms with van der Waals surface area (Å²) in [5, 5.41) is 0. The Morgan fingerprint density at radius 1 is 1.00 bits per heavy atom. The van der Waals surface area contributed by atoms with E-state index in [0.717, 1.165) is 0 Å². The van der Waals surface area contributed by atoms with E-state index < -0.39 is 0 Å². The highest BCUT2D eigenvalue weighted by Crippen LogP contribution is 2.23. The van der Waals surface area contributed by atoms with Gasteiger partial charge in [-0.3, -0.25) is 0 Å². The van der Waals surface area contributed by atoms with E-state index in [1.54, 1.807) is 6.08 Å². The van der Waals surface area contributed by atoms with Gasteiger partial charge in [-0.1, -0.05) is 82.3 Å². The molecule has 0 saturated carbocycles. The second-order valence-electron chi connectivity index (χ2n) is 3.82. The van der Waals surface area contributed by atoms with Gasteiger partial charge in [0.2, 0.25) is 0 Å². The Bertz CT molecular complexity index is 402. The SMILES string of the molecule is C=C/C=C\C(=C(C)C)c1ccccc1C.CC.CC. The van der Waals surface area contributed by atoms with Crippen LogP contribution in [-0.4, -0.2) is 0 Å². The number of benzene rings is 1. The molecule has 0 spiro atoms. The third-order valence-electron chi connectivity index (χ3n) is 2.37. The van der Waals surface area contributed by atoms with Crippen LogP contribution in [0, 0.1) is 6.92 Å². The van der Waals surface area contributed by atoms with E-state index in [0.29, 0.717) is 0 Å². The van der Waals surface area contributed by atoms with Crippen LogP contribution in [0.3, 0.4) is 0 Å². The van der Waals surface area contributed by atoms with Gasteiger partial charge in [-0.15, -0.1) is 0 Å². The molecule has 19 heavy (non-hydrogen) atoms. The Morgan fingerprint density at radius 3 is 1.95 bits per heavy atom. The average molecular weight is 258 g/mol. The zero-order chi connectivity index (χ0) is 15.3. The lowest BCUT2D eigenvalue weighted by atomic mass is 9.97. The first kappa shape index (κ1) is 19.8. The molecule has 0 aliphatic carbocycles. The third-order valence-corrected chi connectivity index (χ3v) is 2.37. The van der Waals surface area contributed by atoms with Crippen LogP contribution in [0.5, 0.6) is 0 Å². The minimum absolute atomic E-state index is 1.29. The predicted molar refractivity (Wildman–Crippen MR) is 91.5 cm³/mol. The lowest BCUT2D eigenvalue weighted by Crippen LogP contribution is -1.88. The normalized spacial score (nSPS) is 8.79. The van der Waals surface area contributed by atoms with Gasteiger partial charge >= 0.3 is 0 Å². The molecule has 0 amide bonds. The minimum atomic E-state index is 1.29. The van der Waals surface area contributed by atoms with Crippen molar-refractivity contribution in [2.24, 2.45) is 0 Å². The first-order valence-electron chi connectivity index (χ1n) is 7.19. The predicted octanol–water partition coefficient (Wildman–Crippen LogP) is 6.58. The molecule has 0 fully saturated rings. The summed E-state index contributed by atoms with van der Waals surface area (Å²) in [6.45, 7) is 18.1. The summed E-state index contributed by atoms with van der Waals surface area (Å²) in [6.07, 6.45) is 5.90. The second-order valence-corrected chi connectivity index (χ2v) is 3.82. The highest BCUT2D eigenvalue weighted by Gasteiger charge is 2.02. The first-order chi connectivity index (χ1) is 9.16. The molecule has 0 radical (unpaired) electrons. The first-order valence-corrected chi connectivity index (χ1v) is 7.19. The summed E-state index contributed by atoms with van der Waals surface area (Å²) in [5.74, 6) is 0. The Balaban J connectivity index is 0. The number of allylic oxidation sites excluding steroid dienone is 5. The van der Waals surface area contributed by atoms with Crippen molar-refractivity contribution in [1.29, 1.82) is 0 Å². The van der Waals surface area contributed by atoms with E-state index in [1.807, 2.05) is 33.8 Å².